The molecule has 1 aliphatic heterocycles. The monoisotopic (exact) mass is 351 g/mol. The standard InChI is InChI=1S/C15H14ClN3O3S/c16-12-4-2-11(3-5-12)14(20)19(15-17-7-1-8-18-15)13-6-9-23(21,22)10-13/h1-5,7-8,13H,6,9-10H2. The van der Waals surface area contributed by atoms with Gasteiger partial charge in [-0.05, 0) is 36.8 Å². The van der Waals surface area contributed by atoms with E-state index in [1.54, 1.807) is 30.3 Å². The first kappa shape index (κ1) is 15.9. The number of amides is 1. The van der Waals surface area contributed by atoms with E-state index in [1.807, 2.05) is 0 Å². The van der Waals surface area contributed by atoms with E-state index < -0.39 is 15.9 Å². The highest BCUT2D eigenvalue weighted by atomic mass is 35.5. The highest BCUT2D eigenvalue weighted by Gasteiger charge is 2.37. The smallest absolute Gasteiger partial charge is 0.260 e. The van der Waals surface area contributed by atoms with Crippen molar-refractivity contribution in [2.45, 2.75) is 12.5 Å². The van der Waals surface area contributed by atoms with Gasteiger partial charge in [0.15, 0.2) is 9.84 Å². The second-order valence-electron chi connectivity index (χ2n) is 5.29. The predicted octanol–water partition coefficient (Wildman–Crippen LogP) is 1.96. The third kappa shape index (κ3) is 3.51. The van der Waals surface area contributed by atoms with Crippen molar-refractivity contribution in [2.75, 3.05) is 16.4 Å². The van der Waals surface area contributed by atoms with E-state index >= 15 is 0 Å². The fourth-order valence-corrected chi connectivity index (χ4v) is 4.37. The average Bonchev–Trinajstić information content (AvgIpc) is 2.89. The first-order chi connectivity index (χ1) is 11.0. The van der Waals surface area contributed by atoms with Crippen molar-refractivity contribution in [1.29, 1.82) is 0 Å². The van der Waals surface area contributed by atoms with E-state index in [0.717, 1.165) is 0 Å². The van der Waals surface area contributed by atoms with Crippen molar-refractivity contribution in [2.24, 2.45) is 0 Å². The predicted molar refractivity (Wildman–Crippen MR) is 87.4 cm³/mol. The van der Waals surface area contributed by atoms with Gasteiger partial charge in [-0.15, -0.1) is 0 Å². The summed E-state index contributed by atoms with van der Waals surface area (Å²) in [5, 5.41) is 0.521. The molecule has 0 spiro atoms. The molecule has 8 heteroatoms. The van der Waals surface area contributed by atoms with Crippen LogP contribution in [0, 0.1) is 0 Å². The lowest BCUT2D eigenvalue weighted by molar-refractivity contribution is 0.0977. The van der Waals surface area contributed by atoms with Crippen molar-refractivity contribution < 1.29 is 13.2 Å². The van der Waals surface area contributed by atoms with Crippen LogP contribution in [-0.2, 0) is 9.84 Å². The molecule has 1 saturated heterocycles. The lowest BCUT2D eigenvalue weighted by atomic mass is 10.1. The zero-order chi connectivity index (χ0) is 16.4. The Kier molecular flexibility index (Phi) is 4.32. The second-order valence-corrected chi connectivity index (χ2v) is 7.95. The Morgan fingerprint density at radius 2 is 1.83 bits per heavy atom. The normalized spacial score (nSPS) is 19.4. The second kappa shape index (κ2) is 6.25. The molecule has 1 amide bonds. The number of benzene rings is 1. The average molecular weight is 352 g/mol. The van der Waals surface area contributed by atoms with Crippen LogP contribution in [0.25, 0.3) is 0 Å². The Balaban J connectivity index is 1.98. The third-order valence-corrected chi connectivity index (χ3v) is 5.65. The summed E-state index contributed by atoms with van der Waals surface area (Å²) in [6.07, 6.45) is 3.42. The van der Waals surface area contributed by atoms with Gasteiger partial charge in [0, 0.05) is 23.0 Å². The number of aromatic nitrogens is 2. The van der Waals surface area contributed by atoms with Crippen LogP contribution >= 0.6 is 11.6 Å². The number of hydrogen-bond acceptors (Lipinski definition) is 5. The number of sulfone groups is 1. The molecule has 1 unspecified atom stereocenters. The lowest BCUT2D eigenvalue weighted by Gasteiger charge is -2.26. The number of anilines is 1. The van der Waals surface area contributed by atoms with Crippen LogP contribution in [-0.4, -0.2) is 41.8 Å². The van der Waals surface area contributed by atoms with Gasteiger partial charge < -0.3 is 0 Å². The van der Waals surface area contributed by atoms with E-state index in [0.29, 0.717) is 17.0 Å². The number of nitrogens with zero attached hydrogens (tertiary/aromatic N) is 3. The van der Waals surface area contributed by atoms with Crippen LogP contribution < -0.4 is 4.90 Å². The Bertz CT molecular complexity index is 810. The van der Waals surface area contributed by atoms with Crippen LogP contribution in [0.5, 0.6) is 0 Å². The minimum atomic E-state index is -3.14. The molecule has 0 bridgehead atoms. The van der Waals surface area contributed by atoms with Crippen LogP contribution in [0.2, 0.25) is 5.02 Å². The zero-order valence-electron chi connectivity index (χ0n) is 12.1. The van der Waals surface area contributed by atoms with Gasteiger partial charge in [-0.3, -0.25) is 9.69 Å². The highest BCUT2D eigenvalue weighted by molar-refractivity contribution is 7.91. The molecule has 0 radical (unpaired) electrons. The van der Waals surface area contributed by atoms with Crippen molar-refractivity contribution in [3.63, 3.8) is 0 Å². The van der Waals surface area contributed by atoms with Gasteiger partial charge in [0.05, 0.1) is 17.5 Å². The largest absolute Gasteiger partial charge is 0.272 e. The number of hydrogen-bond donors (Lipinski definition) is 0. The van der Waals surface area contributed by atoms with Gasteiger partial charge in [0.2, 0.25) is 5.95 Å². The Morgan fingerprint density at radius 3 is 2.39 bits per heavy atom. The van der Waals surface area contributed by atoms with Crippen LogP contribution in [0.4, 0.5) is 5.95 Å². The maximum Gasteiger partial charge on any atom is 0.260 e. The molecule has 1 fully saturated rings. The van der Waals surface area contributed by atoms with Crippen molar-refractivity contribution in [3.8, 4) is 0 Å². The maximum absolute atomic E-state index is 12.9. The summed E-state index contributed by atoms with van der Waals surface area (Å²) < 4.78 is 23.6. The van der Waals surface area contributed by atoms with Crippen molar-refractivity contribution >= 4 is 33.3 Å². The van der Waals surface area contributed by atoms with Crippen LogP contribution in [0.1, 0.15) is 16.8 Å². The summed E-state index contributed by atoms with van der Waals surface area (Å²) in [5.41, 5.74) is 0.408. The quantitative estimate of drug-likeness (QED) is 0.844. The van der Waals surface area contributed by atoms with Gasteiger partial charge in [-0.2, -0.15) is 0 Å². The van der Waals surface area contributed by atoms with E-state index in [9.17, 15) is 13.2 Å². The van der Waals surface area contributed by atoms with Crippen LogP contribution in [0.3, 0.4) is 0 Å². The van der Waals surface area contributed by atoms with E-state index in [4.69, 9.17) is 11.6 Å². The summed E-state index contributed by atoms with van der Waals surface area (Å²) in [5.74, 6) is -0.149. The molecular formula is C15H14ClN3O3S. The SMILES string of the molecule is O=C(c1ccc(Cl)cc1)N(c1ncccn1)C1CCS(=O)(=O)C1. The van der Waals surface area contributed by atoms with Crippen LogP contribution in [0.15, 0.2) is 42.7 Å². The first-order valence-corrected chi connectivity index (χ1v) is 9.23. The molecule has 2 aromatic rings. The summed E-state index contributed by atoms with van der Waals surface area (Å²) in [6.45, 7) is 0. The molecule has 1 aliphatic rings. The molecule has 1 aromatic carbocycles. The molecule has 1 aromatic heterocycles. The minimum absolute atomic E-state index is 0.0644. The van der Waals surface area contributed by atoms with Gasteiger partial charge in [-0.25, -0.2) is 18.4 Å². The van der Waals surface area contributed by atoms with Crippen molar-refractivity contribution in [3.05, 3.63) is 53.3 Å². The number of halogens is 1. The molecule has 0 saturated carbocycles. The molecule has 0 N–H and O–H groups in total. The van der Waals surface area contributed by atoms with Gasteiger partial charge in [0.1, 0.15) is 0 Å². The van der Waals surface area contributed by atoms with Crippen molar-refractivity contribution in [1.82, 2.24) is 9.97 Å². The highest BCUT2D eigenvalue weighted by Crippen LogP contribution is 2.24. The molecular weight excluding hydrogens is 338 g/mol. The number of carbonyl (C=O) groups excluding carboxylic acids is 1. The molecule has 2 heterocycles. The molecule has 0 aliphatic carbocycles. The molecule has 23 heavy (non-hydrogen) atoms. The van der Waals surface area contributed by atoms with E-state index in [2.05, 4.69) is 9.97 Å². The topological polar surface area (TPSA) is 80.2 Å². The number of carbonyl (C=O) groups is 1. The Labute approximate surface area is 139 Å². The summed E-state index contributed by atoms with van der Waals surface area (Å²) >= 11 is 5.85. The molecule has 6 nitrogen and oxygen atoms in total. The number of rotatable bonds is 3. The molecule has 1 atom stereocenters. The van der Waals surface area contributed by atoms with Gasteiger partial charge in [-0.1, -0.05) is 11.6 Å². The fraction of sp³-hybridized carbons (Fsp3) is 0.267. The summed E-state index contributed by atoms with van der Waals surface area (Å²) in [7, 11) is -3.14. The lowest BCUT2D eigenvalue weighted by Crippen LogP contribution is -2.42. The minimum Gasteiger partial charge on any atom is -0.272 e. The van der Waals surface area contributed by atoms with Gasteiger partial charge in [0.25, 0.3) is 5.91 Å². The summed E-state index contributed by atoms with van der Waals surface area (Å²) in [4.78, 5) is 22.4. The van der Waals surface area contributed by atoms with E-state index in [-0.39, 0.29) is 23.4 Å². The fourth-order valence-electron chi connectivity index (χ4n) is 2.55. The Hall–Kier alpha value is -1.99. The molecule has 3 rings (SSSR count). The zero-order valence-corrected chi connectivity index (χ0v) is 13.7. The maximum atomic E-state index is 12.9. The Morgan fingerprint density at radius 1 is 1.17 bits per heavy atom. The summed E-state index contributed by atoms with van der Waals surface area (Å²) in [6, 6.07) is 7.60. The molecule has 120 valence electrons. The van der Waals surface area contributed by atoms with E-state index in [1.165, 1.54) is 17.3 Å². The van der Waals surface area contributed by atoms with Gasteiger partial charge >= 0.3 is 0 Å². The third-order valence-electron chi connectivity index (χ3n) is 3.65. The first-order valence-electron chi connectivity index (χ1n) is 7.03.